The molecule has 1 fully saturated rings. The summed E-state index contributed by atoms with van der Waals surface area (Å²) in [5.41, 5.74) is 12.4. The number of hydrogen-bond donors (Lipinski definition) is 2. The first kappa shape index (κ1) is 11.1. The molecule has 5 heteroatoms. The van der Waals surface area contributed by atoms with Crippen LogP contribution in [-0.2, 0) is 4.79 Å². The maximum Gasteiger partial charge on any atom is 0.240 e. The maximum atomic E-state index is 11.3. The number of hydrogen-bond acceptors (Lipinski definition) is 3. The van der Waals surface area contributed by atoms with E-state index >= 15 is 0 Å². The highest BCUT2D eigenvalue weighted by Crippen LogP contribution is 2.32. The average molecular weight is 240 g/mol. The average Bonchev–Trinajstić information content (AvgIpc) is 2.66. The number of carbonyl (C=O) groups excluding carboxylic acids is 1. The molecule has 4 N–H and O–H groups in total. The van der Waals surface area contributed by atoms with Crippen LogP contribution in [0.15, 0.2) is 18.2 Å². The number of rotatable bonds is 2. The Hall–Kier alpha value is -1.42. The van der Waals surface area contributed by atoms with E-state index in [0.717, 1.165) is 25.1 Å². The highest BCUT2D eigenvalue weighted by atomic mass is 35.5. The summed E-state index contributed by atoms with van der Waals surface area (Å²) in [7, 11) is 0. The zero-order valence-electron chi connectivity index (χ0n) is 8.82. The summed E-state index contributed by atoms with van der Waals surface area (Å²) in [6.45, 7) is 0.803. The first-order valence-corrected chi connectivity index (χ1v) is 5.58. The van der Waals surface area contributed by atoms with Gasteiger partial charge < -0.3 is 16.4 Å². The third-order valence-electron chi connectivity index (χ3n) is 2.86. The molecule has 1 heterocycles. The van der Waals surface area contributed by atoms with Gasteiger partial charge in [-0.3, -0.25) is 4.79 Å². The second kappa shape index (κ2) is 4.22. The molecule has 4 nitrogen and oxygen atoms in total. The zero-order valence-corrected chi connectivity index (χ0v) is 9.57. The molecule has 0 bridgehead atoms. The van der Waals surface area contributed by atoms with Crippen LogP contribution in [0.3, 0.4) is 0 Å². The fraction of sp³-hybridized carbons (Fsp3) is 0.364. The van der Waals surface area contributed by atoms with Crippen LogP contribution >= 0.6 is 11.6 Å². The van der Waals surface area contributed by atoms with Gasteiger partial charge in [0, 0.05) is 12.2 Å². The Bertz CT molecular complexity index is 422. The highest BCUT2D eigenvalue weighted by Gasteiger charge is 2.30. The summed E-state index contributed by atoms with van der Waals surface area (Å²) in [5.74, 6) is -0.301. The summed E-state index contributed by atoms with van der Waals surface area (Å²) in [5, 5.41) is 0.563. The molecule has 1 amide bonds. The summed E-state index contributed by atoms with van der Waals surface area (Å²) in [4.78, 5) is 13.2. The lowest BCUT2D eigenvalue weighted by Gasteiger charge is -2.25. The van der Waals surface area contributed by atoms with Gasteiger partial charge in [0.25, 0.3) is 0 Å². The fourth-order valence-electron chi connectivity index (χ4n) is 2.11. The molecule has 0 radical (unpaired) electrons. The smallest absolute Gasteiger partial charge is 0.240 e. The molecule has 0 saturated carbocycles. The van der Waals surface area contributed by atoms with Crippen LogP contribution in [0.1, 0.15) is 12.8 Å². The van der Waals surface area contributed by atoms with Crippen molar-refractivity contribution in [2.24, 2.45) is 5.73 Å². The minimum absolute atomic E-state index is 0.249. The summed E-state index contributed by atoms with van der Waals surface area (Å²) >= 11 is 6.11. The van der Waals surface area contributed by atoms with Gasteiger partial charge in [0.1, 0.15) is 6.04 Å². The van der Waals surface area contributed by atoms with Crippen molar-refractivity contribution in [3.05, 3.63) is 23.2 Å². The summed E-state index contributed by atoms with van der Waals surface area (Å²) in [6.07, 6.45) is 1.74. The van der Waals surface area contributed by atoms with Gasteiger partial charge in [-0.2, -0.15) is 0 Å². The molecule has 86 valence electrons. The minimum atomic E-state index is -0.301. The van der Waals surface area contributed by atoms with Crippen molar-refractivity contribution in [3.63, 3.8) is 0 Å². The normalized spacial score (nSPS) is 20.1. The number of nitrogens with zero attached hydrogens (tertiary/aromatic N) is 1. The molecule has 0 aliphatic carbocycles. The van der Waals surface area contributed by atoms with Crippen molar-refractivity contribution < 1.29 is 4.79 Å². The molecule has 1 unspecified atom stereocenters. The standard InChI is InChI=1S/C11H14ClN3O/c12-8-6-7(13)3-4-9(8)15-5-1-2-10(15)11(14)16/h3-4,6,10H,1-2,5,13H2,(H2,14,16). The van der Waals surface area contributed by atoms with E-state index in [0.29, 0.717) is 10.7 Å². The van der Waals surface area contributed by atoms with Gasteiger partial charge in [-0.15, -0.1) is 0 Å². The van der Waals surface area contributed by atoms with E-state index in [4.69, 9.17) is 23.1 Å². The quantitative estimate of drug-likeness (QED) is 0.766. The van der Waals surface area contributed by atoms with Crippen molar-refractivity contribution in [1.82, 2.24) is 0 Å². The largest absolute Gasteiger partial charge is 0.399 e. The first-order chi connectivity index (χ1) is 7.59. The Morgan fingerprint density at radius 3 is 2.88 bits per heavy atom. The number of amides is 1. The monoisotopic (exact) mass is 239 g/mol. The summed E-state index contributed by atoms with van der Waals surface area (Å²) < 4.78 is 0. The van der Waals surface area contributed by atoms with Crippen LogP contribution in [-0.4, -0.2) is 18.5 Å². The maximum absolute atomic E-state index is 11.3. The Labute approximate surface area is 99.2 Å². The van der Waals surface area contributed by atoms with Crippen molar-refractivity contribution in [1.29, 1.82) is 0 Å². The second-order valence-electron chi connectivity index (χ2n) is 3.96. The van der Waals surface area contributed by atoms with Crippen LogP contribution in [0.5, 0.6) is 0 Å². The Morgan fingerprint density at radius 2 is 2.25 bits per heavy atom. The number of anilines is 2. The second-order valence-corrected chi connectivity index (χ2v) is 4.37. The SMILES string of the molecule is NC(=O)C1CCCN1c1ccc(N)cc1Cl. The highest BCUT2D eigenvalue weighted by molar-refractivity contribution is 6.33. The lowest BCUT2D eigenvalue weighted by Crippen LogP contribution is -2.40. The number of primary amides is 1. The van der Waals surface area contributed by atoms with Crippen molar-refractivity contribution in [2.75, 3.05) is 17.2 Å². The van der Waals surface area contributed by atoms with E-state index in [9.17, 15) is 4.79 Å². The van der Waals surface area contributed by atoms with E-state index in [1.54, 1.807) is 12.1 Å². The Kier molecular flexibility index (Phi) is 2.92. The van der Waals surface area contributed by atoms with E-state index in [1.165, 1.54) is 0 Å². The van der Waals surface area contributed by atoms with Gasteiger partial charge in [-0.25, -0.2) is 0 Å². The number of halogens is 1. The molecule has 16 heavy (non-hydrogen) atoms. The lowest BCUT2D eigenvalue weighted by atomic mass is 10.2. The molecule has 0 aromatic heterocycles. The predicted octanol–water partition coefficient (Wildman–Crippen LogP) is 1.38. The molecule has 1 aromatic rings. The van der Waals surface area contributed by atoms with E-state index in [-0.39, 0.29) is 11.9 Å². The molecule has 1 saturated heterocycles. The number of carbonyl (C=O) groups is 1. The molecular formula is C11H14ClN3O. The topological polar surface area (TPSA) is 72.4 Å². The van der Waals surface area contributed by atoms with Gasteiger partial charge in [-0.1, -0.05) is 11.6 Å². The Balaban J connectivity index is 2.32. The molecule has 0 spiro atoms. The van der Waals surface area contributed by atoms with Gasteiger partial charge in [-0.05, 0) is 31.0 Å². The van der Waals surface area contributed by atoms with Crippen LogP contribution < -0.4 is 16.4 Å². The molecule has 1 atom stereocenters. The predicted molar refractivity (Wildman–Crippen MR) is 65.4 cm³/mol. The van der Waals surface area contributed by atoms with E-state index in [1.807, 2.05) is 11.0 Å². The van der Waals surface area contributed by atoms with Crippen molar-refractivity contribution in [3.8, 4) is 0 Å². The number of nitrogen functional groups attached to an aromatic ring is 1. The molecule has 1 aromatic carbocycles. The van der Waals surface area contributed by atoms with Gasteiger partial charge in [0.15, 0.2) is 0 Å². The molecule has 2 rings (SSSR count). The minimum Gasteiger partial charge on any atom is -0.399 e. The van der Waals surface area contributed by atoms with Gasteiger partial charge >= 0.3 is 0 Å². The molecule has 1 aliphatic rings. The van der Waals surface area contributed by atoms with Crippen LogP contribution in [0.25, 0.3) is 0 Å². The van der Waals surface area contributed by atoms with Gasteiger partial charge in [0.05, 0.1) is 10.7 Å². The summed E-state index contributed by atoms with van der Waals surface area (Å²) in [6, 6.07) is 5.05. The molecule has 1 aliphatic heterocycles. The number of benzene rings is 1. The number of nitrogens with two attached hydrogens (primary N) is 2. The third kappa shape index (κ3) is 1.93. The van der Waals surface area contributed by atoms with E-state index < -0.39 is 0 Å². The van der Waals surface area contributed by atoms with Crippen molar-refractivity contribution >= 4 is 28.9 Å². The fourth-order valence-corrected chi connectivity index (χ4v) is 2.40. The Morgan fingerprint density at radius 1 is 1.50 bits per heavy atom. The zero-order chi connectivity index (χ0) is 11.7. The van der Waals surface area contributed by atoms with Crippen LogP contribution in [0, 0.1) is 0 Å². The van der Waals surface area contributed by atoms with Gasteiger partial charge in [0.2, 0.25) is 5.91 Å². The van der Waals surface area contributed by atoms with Crippen molar-refractivity contribution in [2.45, 2.75) is 18.9 Å². The lowest BCUT2D eigenvalue weighted by molar-refractivity contribution is -0.119. The van der Waals surface area contributed by atoms with E-state index in [2.05, 4.69) is 0 Å². The third-order valence-corrected chi connectivity index (χ3v) is 3.17. The first-order valence-electron chi connectivity index (χ1n) is 5.20. The van der Waals surface area contributed by atoms with Crippen LogP contribution in [0.4, 0.5) is 11.4 Å². The van der Waals surface area contributed by atoms with Crippen LogP contribution in [0.2, 0.25) is 5.02 Å². The molecular weight excluding hydrogens is 226 g/mol.